The third-order valence-electron chi connectivity index (χ3n) is 5.81. The number of piperidine rings is 1. The lowest BCUT2D eigenvalue weighted by atomic mass is 10.0. The molecule has 1 aromatic carbocycles. The molecule has 0 saturated carbocycles. The van der Waals surface area contributed by atoms with Gasteiger partial charge in [0.1, 0.15) is 6.04 Å². The van der Waals surface area contributed by atoms with E-state index in [1.807, 2.05) is 12.1 Å². The van der Waals surface area contributed by atoms with E-state index in [2.05, 4.69) is 23.2 Å². The molecule has 2 aliphatic rings. The quantitative estimate of drug-likeness (QED) is 0.434. The highest BCUT2D eigenvalue weighted by Gasteiger charge is 2.40. The van der Waals surface area contributed by atoms with E-state index in [1.54, 1.807) is 4.90 Å². The van der Waals surface area contributed by atoms with Crippen molar-refractivity contribution in [1.82, 2.24) is 10.2 Å². The number of anilines is 1. The van der Waals surface area contributed by atoms with Crippen molar-refractivity contribution in [2.24, 2.45) is 5.73 Å². The van der Waals surface area contributed by atoms with Gasteiger partial charge in [-0.25, -0.2) is 0 Å². The van der Waals surface area contributed by atoms with E-state index < -0.39 is 6.04 Å². The molecule has 2 heterocycles. The van der Waals surface area contributed by atoms with Gasteiger partial charge >= 0.3 is 0 Å². The largest absolute Gasteiger partial charge is 0.371 e. The van der Waals surface area contributed by atoms with E-state index in [0.717, 1.165) is 50.0 Å². The Kier molecular flexibility index (Phi) is 9.11. The maximum atomic E-state index is 13.0. The van der Waals surface area contributed by atoms with E-state index in [-0.39, 0.29) is 36.5 Å². The molecular weight excluding hydrogens is 404 g/mol. The maximum Gasteiger partial charge on any atom is 0.255 e. The van der Waals surface area contributed by atoms with Crippen molar-refractivity contribution in [3.63, 3.8) is 0 Å². The number of carbonyl (C=O) groups is 3. The van der Waals surface area contributed by atoms with Gasteiger partial charge in [-0.2, -0.15) is 0 Å². The summed E-state index contributed by atoms with van der Waals surface area (Å²) in [6, 6.07) is 5.27. The topological polar surface area (TPSA) is 95.7 Å². The van der Waals surface area contributed by atoms with Gasteiger partial charge < -0.3 is 15.5 Å². The second-order valence-corrected chi connectivity index (χ2v) is 7.89. The lowest BCUT2D eigenvalue weighted by molar-refractivity contribution is -0.136. The Balaban J connectivity index is 0.00000320. The average Bonchev–Trinajstić information content (AvgIpc) is 3.04. The van der Waals surface area contributed by atoms with Crippen LogP contribution in [0.5, 0.6) is 0 Å². The second-order valence-electron chi connectivity index (χ2n) is 7.89. The van der Waals surface area contributed by atoms with Gasteiger partial charge in [-0.15, -0.1) is 12.4 Å². The number of imide groups is 1. The van der Waals surface area contributed by atoms with Crippen LogP contribution in [0.4, 0.5) is 5.69 Å². The minimum Gasteiger partial charge on any atom is -0.371 e. The highest BCUT2D eigenvalue weighted by Crippen LogP contribution is 2.34. The van der Waals surface area contributed by atoms with Gasteiger partial charge in [-0.1, -0.05) is 25.8 Å². The lowest BCUT2D eigenvalue weighted by Gasteiger charge is -2.30. The van der Waals surface area contributed by atoms with Crippen LogP contribution < -0.4 is 16.0 Å². The predicted octanol–water partition coefficient (Wildman–Crippen LogP) is 2.60. The molecule has 0 spiro atoms. The fourth-order valence-corrected chi connectivity index (χ4v) is 4.22. The van der Waals surface area contributed by atoms with E-state index in [4.69, 9.17) is 5.73 Å². The number of nitrogens with two attached hydrogens (primary N) is 1. The van der Waals surface area contributed by atoms with Crippen LogP contribution >= 0.6 is 12.4 Å². The Morgan fingerprint density at radius 1 is 1.13 bits per heavy atom. The van der Waals surface area contributed by atoms with Crippen LogP contribution in [0.3, 0.4) is 0 Å². The van der Waals surface area contributed by atoms with Gasteiger partial charge in [0.25, 0.3) is 5.91 Å². The molecule has 3 N–H and O–H groups in total. The molecule has 0 aromatic heterocycles. The molecule has 30 heavy (non-hydrogen) atoms. The van der Waals surface area contributed by atoms with Crippen LogP contribution in [-0.4, -0.2) is 48.3 Å². The summed E-state index contributed by atoms with van der Waals surface area (Å²) in [4.78, 5) is 40.8. The smallest absolute Gasteiger partial charge is 0.255 e. The second kappa shape index (κ2) is 11.3. The average molecular weight is 437 g/mol. The first kappa shape index (κ1) is 24.2. The summed E-state index contributed by atoms with van der Waals surface area (Å²) in [5.74, 6) is -0.753. The Morgan fingerprint density at radius 2 is 1.87 bits per heavy atom. The minimum atomic E-state index is -0.578. The zero-order valence-corrected chi connectivity index (χ0v) is 18.5. The fraction of sp³-hybridized carbons (Fsp3) is 0.591. The summed E-state index contributed by atoms with van der Waals surface area (Å²) in [7, 11) is 0. The third-order valence-corrected chi connectivity index (χ3v) is 5.81. The Hall–Kier alpha value is -2.12. The van der Waals surface area contributed by atoms with Crippen LogP contribution in [0.25, 0.3) is 0 Å². The standard InChI is InChI=1S/C22H32N4O3.ClH/c1-2-3-5-13-25(14-6-4-12-23)18-9-7-8-16-17(18)15-26(22(16)29)19-10-11-20(27)24-21(19)28;/h7-9,19H,2-6,10-15,23H2,1H3,(H,24,27,28);1H. The Bertz CT molecular complexity index is 761. The lowest BCUT2D eigenvalue weighted by Crippen LogP contribution is -2.52. The first-order valence-electron chi connectivity index (χ1n) is 10.8. The summed E-state index contributed by atoms with van der Waals surface area (Å²) < 4.78 is 0. The van der Waals surface area contributed by atoms with Crippen molar-refractivity contribution in [1.29, 1.82) is 0 Å². The number of nitrogens with one attached hydrogen (secondary N) is 1. The summed E-state index contributed by atoms with van der Waals surface area (Å²) >= 11 is 0. The number of hydrogen-bond donors (Lipinski definition) is 2. The summed E-state index contributed by atoms with van der Waals surface area (Å²) in [6.45, 7) is 5.14. The number of carbonyl (C=O) groups excluding carboxylic acids is 3. The molecule has 1 atom stereocenters. The zero-order valence-electron chi connectivity index (χ0n) is 17.7. The first-order chi connectivity index (χ1) is 14.1. The van der Waals surface area contributed by atoms with Crippen LogP contribution in [0.2, 0.25) is 0 Å². The molecule has 3 rings (SSSR count). The van der Waals surface area contributed by atoms with Crippen molar-refractivity contribution in [3.05, 3.63) is 29.3 Å². The molecule has 1 unspecified atom stereocenters. The number of halogens is 1. The SMILES string of the molecule is CCCCCN(CCCCN)c1cccc2c1CN(C1CCC(=O)NC1=O)C2=O.Cl. The van der Waals surface area contributed by atoms with Gasteiger partial charge in [-0.05, 0) is 44.4 Å². The van der Waals surface area contributed by atoms with Crippen molar-refractivity contribution < 1.29 is 14.4 Å². The van der Waals surface area contributed by atoms with Crippen LogP contribution in [0, 0.1) is 0 Å². The molecule has 1 aromatic rings. The molecule has 2 aliphatic heterocycles. The number of amides is 3. The predicted molar refractivity (Wildman–Crippen MR) is 120 cm³/mol. The number of unbranched alkanes of at least 4 members (excludes halogenated alkanes) is 3. The van der Waals surface area contributed by atoms with Crippen molar-refractivity contribution in [3.8, 4) is 0 Å². The molecule has 1 saturated heterocycles. The van der Waals surface area contributed by atoms with E-state index in [0.29, 0.717) is 25.1 Å². The molecular formula is C22H33ClN4O3. The molecule has 7 nitrogen and oxygen atoms in total. The molecule has 1 fully saturated rings. The molecule has 0 aliphatic carbocycles. The Labute approximate surface area is 184 Å². The fourth-order valence-electron chi connectivity index (χ4n) is 4.22. The normalized spacial score (nSPS) is 18.1. The van der Waals surface area contributed by atoms with E-state index in [1.165, 1.54) is 6.42 Å². The van der Waals surface area contributed by atoms with Crippen molar-refractivity contribution in [2.45, 2.75) is 64.5 Å². The minimum absolute atomic E-state index is 0. The monoisotopic (exact) mass is 436 g/mol. The van der Waals surface area contributed by atoms with E-state index in [9.17, 15) is 14.4 Å². The van der Waals surface area contributed by atoms with Crippen molar-refractivity contribution in [2.75, 3.05) is 24.5 Å². The summed E-state index contributed by atoms with van der Waals surface area (Å²) in [5, 5.41) is 2.37. The Morgan fingerprint density at radius 3 is 2.53 bits per heavy atom. The van der Waals surface area contributed by atoms with E-state index >= 15 is 0 Å². The molecule has 0 bridgehead atoms. The number of rotatable bonds is 10. The molecule has 3 amide bonds. The molecule has 0 radical (unpaired) electrons. The number of nitrogens with zero attached hydrogens (tertiary/aromatic N) is 2. The van der Waals surface area contributed by atoms with Crippen LogP contribution in [0.15, 0.2) is 18.2 Å². The highest BCUT2D eigenvalue weighted by atomic mass is 35.5. The number of hydrogen-bond acceptors (Lipinski definition) is 5. The first-order valence-corrected chi connectivity index (χ1v) is 10.8. The van der Waals surface area contributed by atoms with Gasteiger partial charge in [-0.3, -0.25) is 19.7 Å². The molecule has 8 heteroatoms. The van der Waals surface area contributed by atoms with Gasteiger partial charge in [0.15, 0.2) is 0 Å². The molecule has 166 valence electrons. The summed E-state index contributed by atoms with van der Waals surface area (Å²) in [6.07, 6.45) is 6.07. The van der Waals surface area contributed by atoms with Gasteiger partial charge in [0.05, 0.1) is 0 Å². The van der Waals surface area contributed by atoms with Gasteiger partial charge in [0, 0.05) is 42.9 Å². The number of benzene rings is 1. The zero-order chi connectivity index (χ0) is 20.8. The summed E-state index contributed by atoms with van der Waals surface area (Å²) in [5.41, 5.74) is 8.42. The van der Waals surface area contributed by atoms with Gasteiger partial charge in [0.2, 0.25) is 11.8 Å². The maximum absolute atomic E-state index is 13.0. The van der Waals surface area contributed by atoms with Crippen LogP contribution in [-0.2, 0) is 16.1 Å². The highest BCUT2D eigenvalue weighted by molar-refractivity contribution is 6.06. The third kappa shape index (κ3) is 5.32. The number of fused-ring (bicyclic) bond motifs is 1. The van der Waals surface area contributed by atoms with Crippen molar-refractivity contribution >= 4 is 35.8 Å². The van der Waals surface area contributed by atoms with Crippen LogP contribution in [0.1, 0.15) is 67.8 Å².